The van der Waals surface area contributed by atoms with E-state index in [1.165, 1.54) is 10.2 Å². The standard InChI is InChI=1S/C24H17N4S.BrH/c1-2-17-27-22-9-5-6-10-23(22)29-24(27)16-13-18-11-14-19(15-12-18)28-25-20-7-3-4-8-21(20)26-28;/h1,3-16H,17H2;1H/q+1;/p-1. The van der Waals surface area contributed by atoms with Gasteiger partial charge in [-0.05, 0) is 47.9 Å². The van der Waals surface area contributed by atoms with Crippen LogP contribution in [0.25, 0.3) is 39.1 Å². The third-order valence-electron chi connectivity index (χ3n) is 4.72. The maximum absolute atomic E-state index is 5.58. The molecular weight excluding hydrogens is 456 g/mol. The van der Waals surface area contributed by atoms with E-state index in [1.54, 1.807) is 16.1 Å². The second kappa shape index (κ2) is 8.62. The van der Waals surface area contributed by atoms with Crippen LogP contribution in [0.2, 0.25) is 0 Å². The highest BCUT2D eigenvalue weighted by Gasteiger charge is 2.16. The Morgan fingerprint density at radius 3 is 2.27 bits per heavy atom. The molecule has 5 aromatic rings. The highest BCUT2D eigenvalue weighted by molar-refractivity contribution is 7.18. The Labute approximate surface area is 188 Å². The first-order chi connectivity index (χ1) is 14.3. The van der Waals surface area contributed by atoms with Gasteiger partial charge in [-0.3, -0.25) is 0 Å². The predicted molar refractivity (Wildman–Crippen MR) is 119 cm³/mol. The third kappa shape index (κ3) is 3.78. The van der Waals surface area contributed by atoms with E-state index in [-0.39, 0.29) is 17.0 Å². The first-order valence-electron chi connectivity index (χ1n) is 9.27. The summed E-state index contributed by atoms with van der Waals surface area (Å²) < 4.78 is 3.40. The zero-order chi connectivity index (χ0) is 19.6. The van der Waals surface area contributed by atoms with Crippen molar-refractivity contribution in [3.05, 3.63) is 83.4 Å². The van der Waals surface area contributed by atoms with E-state index in [1.807, 2.05) is 42.5 Å². The molecule has 0 radical (unpaired) electrons. The summed E-state index contributed by atoms with van der Waals surface area (Å²) in [6, 6.07) is 24.4. The molecule has 146 valence electrons. The number of fused-ring (bicyclic) bond motifs is 2. The summed E-state index contributed by atoms with van der Waals surface area (Å²) >= 11 is 1.74. The van der Waals surface area contributed by atoms with Crippen molar-refractivity contribution in [1.82, 2.24) is 15.0 Å². The summed E-state index contributed by atoms with van der Waals surface area (Å²) in [5.74, 6) is 2.76. The molecule has 4 nitrogen and oxygen atoms in total. The van der Waals surface area contributed by atoms with E-state index >= 15 is 0 Å². The summed E-state index contributed by atoms with van der Waals surface area (Å²) in [5, 5.41) is 10.2. The molecule has 30 heavy (non-hydrogen) atoms. The lowest BCUT2D eigenvalue weighted by Gasteiger charge is -1.99. The number of benzene rings is 3. The Kier molecular flexibility index (Phi) is 5.75. The Balaban J connectivity index is 0.00000218. The van der Waals surface area contributed by atoms with Gasteiger partial charge in [-0.1, -0.05) is 47.7 Å². The maximum Gasteiger partial charge on any atom is 0.263 e. The minimum Gasteiger partial charge on any atom is -1.00 e. The molecule has 0 atom stereocenters. The average Bonchev–Trinajstić information content (AvgIpc) is 3.35. The Hall–Kier alpha value is -3.27. The Morgan fingerprint density at radius 2 is 1.57 bits per heavy atom. The Bertz CT molecular complexity index is 1360. The van der Waals surface area contributed by atoms with E-state index in [2.05, 4.69) is 63.2 Å². The molecule has 0 aliphatic carbocycles. The first-order valence-corrected chi connectivity index (χ1v) is 10.1. The van der Waals surface area contributed by atoms with Crippen LogP contribution >= 0.6 is 11.3 Å². The lowest BCUT2D eigenvalue weighted by atomic mass is 10.2. The number of hydrogen-bond donors (Lipinski definition) is 0. The number of rotatable bonds is 4. The van der Waals surface area contributed by atoms with Gasteiger partial charge in [-0.15, -0.1) is 16.6 Å². The van der Waals surface area contributed by atoms with Crippen molar-refractivity contribution >= 4 is 44.7 Å². The van der Waals surface area contributed by atoms with Crippen LogP contribution in [0.3, 0.4) is 0 Å². The minimum absolute atomic E-state index is 0. The van der Waals surface area contributed by atoms with Gasteiger partial charge in [0.2, 0.25) is 12.1 Å². The molecule has 0 aliphatic rings. The van der Waals surface area contributed by atoms with Crippen LogP contribution < -0.4 is 21.5 Å². The van der Waals surface area contributed by atoms with Crippen molar-refractivity contribution in [3.8, 4) is 18.0 Å². The van der Waals surface area contributed by atoms with E-state index in [0.717, 1.165) is 27.3 Å². The number of aromatic nitrogens is 4. The molecule has 5 rings (SSSR count). The quantitative estimate of drug-likeness (QED) is 0.295. The number of terminal acetylenes is 1. The van der Waals surface area contributed by atoms with Crippen molar-refractivity contribution in [2.45, 2.75) is 6.54 Å². The van der Waals surface area contributed by atoms with E-state index in [0.29, 0.717) is 6.54 Å². The summed E-state index contributed by atoms with van der Waals surface area (Å²) in [5.41, 5.74) is 4.98. The molecule has 2 heterocycles. The van der Waals surface area contributed by atoms with Gasteiger partial charge in [0.05, 0.1) is 5.69 Å². The fraction of sp³-hybridized carbons (Fsp3) is 0.0417. The molecule has 0 saturated heterocycles. The van der Waals surface area contributed by atoms with Crippen LogP contribution in [-0.4, -0.2) is 15.0 Å². The molecule has 0 amide bonds. The average molecular weight is 473 g/mol. The lowest BCUT2D eigenvalue weighted by Crippen LogP contribution is -3.00. The van der Waals surface area contributed by atoms with Crippen molar-refractivity contribution < 1.29 is 21.5 Å². The van der Waals surface area contributed by atoms with Gasteiger partial charge in [-0.2, -0.15) is 9.36 Å². The van der Waals surface area contributed by atoms with Crippen LogP contribution in [-0.2, 0) is 6.54 Å². The number of nitrogens with zero attached hydrogens (tertiary/aromatic N) is 4. The molecule has 0 unspecified atom stereocenters. The maximum atomic E-state index is 5.58. The van der Waals surface area contributed by atoms with Gasteiger partial charge < -0.3 is 17.0 Å². The van der Waals surface area contributed by atoms with Gasteiger partial charge in [0.15, 0.2) is 0 Å². The summed E-state index contributed by atoms with van der Waals surface area (Å²) in [7, 11) is 0. The molecule has 3 aromatic carbocycles. The SMILES string of the molecule is C#CC[n+]1c(/C=C/c2ccc(-n3nc4ccccc4n3)cc2)sc2ccccc21.[Br-]. The van der Waals surface area contributed by atoms with Gasteiger partial charge >= 0.3 is 0 Å². The number of thiazole rings is 1. The smallest absolute Gasteiger partial charge is 0.263 e. The fourth-order valence-corrected chi connectivity index (χ4v) is 4.36. The largest absolute Gasteiger partial charge is 1.00 e. The third-order valence-corrected chi connectivity index (χ3v) is 5.85. The van der Waals surface area contributed by atoms with Crippen LogP contribution in [0.4, 0.5) is 0 Å². The summed E-state index contributed by atoms with van der Waals surface area (Å²) in [4.78, 5) is 1.67. The lowest BCUT2D eigenvalue weighted by molar-refractivity contribution is -0.655. The van der Waals surface area contributed by atoms with Crippen LogP contribution in [0.1, 0.15) is 10.6 Å². The van der Waals surface area contributed by atoms with Crippen LogP contribution in [0.5, 0.6) is 0 Å². The van der Waals surface area contributed by atoms with E-state index in [4.69, 9.17) is 6.42 Å². The van der Waals surface area contributed by atoms with E-state index in [9.17, 15) is 0 Å². The van der Waals surface area contributed by atoms with Crippen molar-refractivity contribution in [2.24, 2.45) is 0 Å². The summed E-state index contributed by atoms with van der Waals surface area (Å²) in [6.45, 7) is 0.557. The molecule has 2 aromatic heterocycles. The normalized spacial score (nSPS) is 11.0. The zero-order valence-electron chi connectivity index (χ0n) is 15.9. The van der Waals surface area contributed by atoms with Crippen molar-refractivity contribution in [1.29, 1.82) is 0 Å². The van der Waals surface area contributed by atoms with E-state index < -0.39 is 0 Å². The zero-order valence-corrected chi connectivity index (χ0v) is 18.3. The highest BCUT2D eigenvalue weighted by atomic mass is 79.9. The molecular formula is C24H17BrN4S. The summed E-state index contributed by atoms with van der Waals surface area (Å²) in [6.07, 6.45) is 9.81. The van der Waals surface area contributed by atoms with Crippen LogP contribution in [0, 0.1) is 12.3 Å². The monoisotopic (exact) mass is 472 g/mol. The van der Waals surface area contributed by atoms with Gasteiger partial charge in [0, 0.05) is 12.1 Å². The molecule has 0 bridgehead atoms. The molecule has 0 fully saturated rings. The molecule has 0 saturated carbocycles. The fourth-order valence-electron chi connectivity index (χ4n) is 3.29. The van der Waals surface area contributed by atoms with Gasteiger partial charge in [0.25, 0.3) is 5.01 Å². The van der Waals surface area contributed by atoms with Crippen LogP contribution in [0.15, 0.2) is 72.8 Å². The highest BCUT2D eigenvalue weighted by Crippen LogP contribution is 2.22. The van der Waals surface area contributed by atoms with Crippen molar-refractivity contribution in [2.75, 3.05) is 0 Å². The Morgan fingerprint density at radius 1 is 0.900 bits per heavy atom. The predicted octanol–water partition coefficient (Wildman–Crippen LogP) is 1.73. The molecule has 0 N–H and O–H groups in total. The van der Waals surface area contributed by atoms with Gasteiger partial charge in [-0.25, -0.2) is 0 Å². The van der Waals surface area contributed by atoms with Crippen molar-refractivity contribution in [3.63, 3.8) is 0 Å². The number of halogens is 1. The second-order valence-corrected chi connectivity index (χ2v) is 7.66. The second-order valence-electron chi connectivity index (χ2n) is 6.60. The first kappa shape index (κ1) is 20.0. The minimum atomic E-state index is 0. The molecule has 0 aliphatic heterocycles. The topological polar surface area (TPSA) is 34.6 Å². The van der Waals surface area contributed by atoms with Gasteiger partial charge in [0.1, 0.15) is 15.7 Å². The number of hydrogen-bond acceptors (Lipinski definition) is 3. The number of para-hydroxylation sites is 1. The molecule has 6 heteroatoms. The molecule has 0 spiro atoms.